The first-order chi connectivity index (χ1) is 15.0. The summed E-state index contributed by atoms with van der Waals surface area (Å²) in [5.74, 6) is -0.125. The van der Waals surface area contributed by atoms with Crippen molar-refractivity contribution in [2.24, 2.45) is 0 Å². The molecule has 3 aromatic rings. The lowest BCUT2D eigenvalue weighted by Crippen LogP contribution is -2.30. The van der Waals surface area contributed by atoms with Crippen molar-refractivity contribution in [3.8, 4) is 11.5 Å². The standard InChI is InChI=1S/C22H23N3O6/c1-4-25-21(27)16-8-6-5-7-15(16)20(24-25)22(28)31-13-19(26)23-12-14-9-10-17(29-2)18(11-14)30-3/h5-11H,4,12-13H2,1-3H3,(H,23,26). The van der Waals surface area contributed by atoms with Gasteiger partial charge in [0.1, 0.15) is 0 Å². The van der Waals surface area contributed by atoms with Crippen LogP contribution in [0.2, 0.25) is 0 Å². The lowest BCUT2D eigenvalue weighted by atomic mass is 10.1. The molecule has 31 heavy (non-hydrogen) atoms. The van der Waals surface area contributed by atoms with E-state index in [4.69, 9.17) is 14.2 Å². The van der Waals surface area contributed by atoms with Crippen molar-refractivity contribution in [3.05, 3.63) is 64.1 Å². The zero-order valence-corrected chi connectivity index (χ0v) is 17.5. The lowest BCUT2D eigenvalue weighted by molar-refractivity contribution is -0.124. The number of amides is 1. The Morgan fingerprint density at radius 2 is 1.74 bits per heavy atom. The summed E-state index contributed by atoms with van der Waals surface area (Å²) in [6, 6.07) is 11.9. The molecule has 3 rings (SSSR count). The molecule has 0 atom stereocenters. The van der Waals surface area contributed by atoms with Gasteiger partial charge in [-0.1, -0.05) is 24.3 Å². The number of hydrogen-bond acceptors (Lipinski definition) is 7. The lowest BCUT2D eigenvalue weighted by Gasteiger charge is -2.11. The van der Waals surface area contributed by atoms with Crippen molar-refractivity contribution < 1.29 is 23.8 Å². The van der Waals surface area contributed by atoms with Gasteiger partial charge in [0.25, 0.3) is 11.5 Å². The zero-order valence-electron chi connectivity index (χ0n) is 17.5. The van der Waals surface area contributed by atoms with Crippen LogP contribution in [0, 0.1) is 0 Å². The van der Waals surface area contributed by atoms with Gasteiger partial charge in [0.2, 0.25) is 0 Å². The van der Waals surface area contributed by atoms with Crippen LogP contribution < -0.4 is 20.3 Å². The van der Waals surface area contributed by atoms with Gasteiger partial charge >= 0.3 is 5.97 Å². The molecule has 9 nitrogen and oxygen atoms in total. The van der Waals surface area contributed by atoms with E-state index in [1.54, 1.807) is 49.4 Å². The van der Waals surface area contributed by atoms with Gasteiger partial charge in [0, 0.05) is 18.5 Å². The Bertz CT molecular complexity index is 1170. The molecule has 0 aliphatic heterocycles. The monoisotopic (exact) mass is 425 g/mol. The van der Waals surface area contributed by atoms with Gasteiger partial charge in [-0.05, 0) is 30.7 Å². The molecule has 0 saturated carbocycles. The number of rotatable bonds is 8. The van der Waals surface area contributed by atoms with E-state index in [1.807, 2.05) is 0 Å². The summed E-state index contributed by atoms with van der Waals surface area (Å²) in [5.41, 5.74) is 0.493. The van der Waals surface area contributed by atoms with Gasteiger partial charge in [-0.15, -0.1) is 0 Å². The van der Waals surface area contributed by atoms with Crippen molar-refractivity contribution in [3.63, 3.8) is 0 Å². The average molecular weight is 425 g/mol. The molecule has 0 radical (unpaired) electrons. The summed E-state index contributed by atoms with van der Waals surface area (Å²) in [5, 5.41) is 7.52. The maximum absolute atomic E-state index is 12.6. The van der Waals surface area contributed by atoms with Gasteiger partial charge in [-0.25, -0.2) is 9.48 Å². The van der Waals surface area contributed by atoms with Crippen molar-refractivity contribution in [1.82, 2.24) is 15.1 Å². The highest BCUT2D eigenvalue weighted by Gasteiger charge is 2.18. The first-order valence-electron chi connectivity index (χ1n) is 9.63. The Morgan fingerprint density at radius 3 is 2.42 bits per heavy atom. The van der Waals surface area contributed by atoms with Crippen LogP contribution in [0.1, 0.15) is 23.0 Å². The van der Waals surface area contributed by atoms with E-state index >= 15 is 0 Å². The number of esters is 1. The normalized spacial score (nSPS) is 10.5. The van der Waals surface area contributed by atoms with E-state index in [1.165, 1.54) is 18.9 Å². The van der Waals surface area contributed by atoms with Crippen LogP contribution >= 0.6 is 0 Å². The van der Waals surface area contributed by atoms with Crippen LogP contribution in [0.5, 0.6) is 11.5 Å². The Kier molecular flexibility index (Phi) is 6.86. The van der Waals surface area contributed by atoms with Crippen molar-refractivity contribution in [1.29, 1.82) is 0 Å². The van der Waals surface area contributed by atoms with Gasteiger partial charge < -0.3 is 19.5 Å². The summed E-state index contributed by atoms with van der Waals surface area (Å²) < 4.78 is 16.7. The number of carbonyl (C=O) groups excluding carboxylic acids is 2. The fourth-order valence-corrected chi connectivity index (χ4v) is 3.04. The van der Waals surface area contributed by atoms with Gasteiger partial charge in [0.05, 0.1) is 19.6 Å². The smallest absolute Gasteiger partial charge is 0.359 e. The van der Waals surface area contributed by atoms with E-state index in [-0.39, 0.29) is 17.8 Å². The molecule has 9 heteroatoms. The number of nitrogens with zero attached hydrogens (tertiary/aromatic N) is 2. The quantitative estimate of drug-likeness (QED) is 0.549. The highest BCUT2D eigenvalue weighted by Crippen LogP contribution is 2.27. The van der Waals surface area contributed by atoms with E-state index < -0.39 is 18.5 Å². The number of fused-ring (bicyclic) bond motifs is 1. The number of aryl methyl sites for hydroxylation is 1. The van der Waals surface area contributed by atoms with Crippen LogP contribution in [0.4, 0.5) is 0 Å². The molecule has 1 amide bonds. The van der Waals surface area contributed by atoms with Crippen molar-refractivity contribution >= 4 is 22.6 Å². The van der Waals surface area contributed by atoms with Crippen LogP contribution in [0.25, 0.3) is 10.8 Å². The molecular weight excluding hydrogens is 402 g/mol. The number of aromatic nitrogens is 2. The Hall–Kier alpha value is -3.88. The first-order valence-corrected chi connectivity index (χ1v) is 9.63. The SMILES string of the molecule is CCn1nc(C(=O)OCC(=O)NCc2ccc(OC)c(OC)c2)c2ccccc2c1=O. The number of ether oxygens (including phenoxy) is 3. The highest BCUT2D eigenvalue weighted by molar-refractivity contribution is 6.02. The number of nitrogens with one attached hydrogen (secondary N) is 1. The predicted octanol–water partition coefficient (Wildman–Crippen LogP) is 1.91. The summed E-state index contributed by atoms with van der Waals surface area (Å²) in [6.07, 6.45) is 0. The fraction of sp³-hybridized carbons (Fsp3) is 0.273. The maximum Gasteiger partial charge on any atom is 0.359 e. The molecule has 0 saturated heterocycles. The van der Waals surface area contributed by atoms with Gasteiger partial charge in [-0.3, -0.25) is 9.59 Å². The Morgan fingerprint density at radius 1 is 1.03 bits per heavy atom. The fourth-order valence-electron chi connectivity index (χ4n) is 3.04. The summed E-state index contributed by atoms with van der Waals surface area (Å²) in [7, 11) is 3.07. The predicted molar refractivity (Wildman–Crippen MR) is 113 cm³/mol. The van der Waals surface area contributed by atoms with Crippen LogP contribution in [0.3, 0.4) is 0 Å². The molecule has 0 aliphatic carbocycles. The molecule has 2 aromatic carbocycles. The summed E-state index contributed by atoms with van der Waals surface area (Å²) in [6.45, 7) is 1.79. The minimum Gasteiger partial charge on any atom is -0.493 e. The van der Waals surface area contributed by atoms with Crippen LogP contribution in [0.15, 0.2) is 47.3 Å². The highest BCUT2D eigenvalue weighted by atomic mass is 16.5. The second-order valence-corrected chi connectivity index (χ2v) is 6.56. The van der Waals surface area contributed by atoms with E-state index in [0.717, 1.165) is 5.56 Å². The van der Waals surface area contributed by atoms with E-state index in [0.29, 0.717) is 28.8 Å². The van der Waals surface area contributed by atoms with E-state index in [2.05, 4.69) is 10.4 Å². The molecule has 0 unspecified atom stereocenters. The van der Waals surface area contributed by atoms with Gasteiger partial charge in [0.15, 0.2) is 23.8 Å². The van der Waals surface area contributed by atoms with Crippen LogP contribution in [-0.4, -0.2) is 42.5 Å². The topological polar surface area (TPSA) is 109 Å². The average Bonchev–Trinajstić information content (AvgIpc) is 2.81. The van der Waals surface area contributed by atoms with E-state index in [9.17, 15) is 14.4 Å². The van der Waals surface area contributed by atoms with Crippen molar-refractivity contribution in [2.45, 2.75) is 20.0 Å². The molecule has 1 N–H and O–H groups in total. The molecular formula is C22H23N3O6. The molecule has 162 valence electrons. The molecule has 0 aliphatic rings. The molecule has 0 spiro atoms. The number of hydrogen-bond donors (Lipinski definition) is 1. The minimum absolute atomic E-state index is 0.00950. The molecule has 0 fully saturated rings. The molecule has 1 heterocycles. The summed E-state index contributed by atoms with van der Waals surface area (Å²) in [4.78, 5) is 37.1. The largest absolute Gasteiger partial charge is 0.493 e. The minimum atomic E-state index is -0.778. The second kappa shape index (κ2) is 9.75. The second-order valence-electron chi connectivity index (χ2n) is 6.56. The van der Waals surface area contributed by atoms with Gasteiger partial charge in [-0.2, -0.15) is 5.10 Å². The third kappa shape index (κ3) is 4.82. The third-order valence-electron chi connectivity index (χ3n) is 4.63. The number of carbonyl (C=O) groups is 2. The Balaban J connectivity index is 1.65. The van der Waals surface area contributed by atoms with Crippen LogP contribution in [-0.2, 0) is 22.6 Å². The first kappa shape index (κ1) is 21.8. The maximum atomic E-state index is 12.6. The molecule has 1 aromatic heterocycles. The third-order valence-corrected chi connectivity index (χ3v) is 4.63. The number of benzene rings is 2. The van der Waals surface area contributed by atoms with Crippen molar-refractivity contribution in [2.75, 3.05) is 20.8 Å². The summed E-state index contributed by atoms with van der Waals surface area (Å²) >= 11 is 0. The molecule has 0 bridgehead atoms. The Labute approximate surface area is 178 Å². The zero-order chi connectivity index (χ0) is 22.4. The number of methoxy groups -OCH3 is 2.